The van der Waals surface area contributed by atoms with Crippen LogP contribution < -0.4 is 9.47 Å². The molecule has 9 heteroatoms. The molecule has 3 heterocycles. The van der Waals surface area contributed by atoms with Gasteiger partial charge in [-0.3, -0.25) is 0 Å². The summed E-state index contributed by atoms with van der Waals surface area (Å²) in [6, 6.07) is 13.6. The summed E-state index contributed by atoms with van der Waals surface area (Å²) in [6.45, 7) is 0.422. The molecule has 0 aliphatic heterocycles. The Bertz CT molecular complexity index is 1290. The lowest BCUT2D eigenvalue weighted by Crippen LogP contribution is -1.96. The maximum Gasteiger partial charge on any atom is 0.248 e. The summed E-state index contributed by atoms with van der Waals surface area (Å²) in [7, 11) is 1.61. The lowest BCUT2D eigenvalue weighted by atomic mass is 10.2. The Morgan fingerprint density at radius 1 is 1.21 bits per heavy atom. The topological polar surface area (TPSA) is 74.7 Å². The Kier molecular flexibility index (Phi) is 4.61. The molecule has 0 saturated carbocycles. The zero-order chi connectivity index (χ0) is 19.8. The van der Waals surface area contributed by atoms with Gasteiger partial charge in [0.2, 0.25) is 10.9 Å². The highest BCUT2D eigenvalue weighted by atomic mass is 32.2. The summed E-state index contributed by atoms with van der Waals surface area (Å²) in [5.41, 5.74) is 2.97. The van der Waals surface area contributed by atoms with Crippen LogP contribution in [0.4, 0.5) is 0 Å². The highest BCUT2D eigenvalue weighted by molar-refractivity contribution is 8.00. The van der Waals surface area contributed by atoms with E-state index in [9.17, 15) is 0 Å². The number of ether oxygens (including phenoxy) is 2. The van der Waals surface area contributed by atoms with Gasteiger partial charge in [0.1, 0.15) is 18.1 Å². The molecule has 2 aromatic carbocycles. The molecule has 29 heavy (non-hydrogen) atoms. The van der Waals surface area contributed by atoms with Crippen LogP contribution in [0, 0.1) is 0 Å². The molecule has 0 unspecified atom stereocenters. The first-order valence-corrected chi connectivity index (χ1v) is 10.8. The third kappa shape index (κ3) is 3.32. The lowest BCUT2D eigenvalue weighted by Gasteiger charge is -2.08. The van der Waals surface area contributed by atoms with Crippen molar-refractivity contribution in [2.45, 2.75) is 10.9 Å². The van der Waals surface area contributed by atoms with Gasteiger partial charge in [0.05, 0.1) is 13.3 Å². The summed E-state index contributed by atoms with van der Waals surface area (Å²) in [6.07, 6.45) is 3.70. The van der Waals surface area contributed by atoms with Gasteiger partial charge in [-0.05, 0) is 11.8 Å². The lowest BCUT2D eigenvalue weighted by molar-refractivity contribution is 0.307. The first-order valence-electron chi connectivity index (χ1n) is 8.79. The van der Waals surface area contributed by atoms with Crippen LogP contribution in [0.5, 0.6) is 11.5 Å². The molecule has 5 aromatic rings. The van der Waals surface area contributed by atoms with Crippen LogP contribution in [0.15, 0.2) is 57.4 Å². The molecule has 0 radical (unpaired) electrons. The second-order valence-electron chi connectivity index (χ2n) is 6.18. The number of aromatic nitrogens is 4. The predicted molar refractivity (Wildman–Crippen MR) is 113 cm³/mol. The fourth-order valence-electron chi connectivity index (χ4n) is 2.95. The third-order valence-electron chi connectivity index (χ3n) is 4.37. The van der Waals surface area contributed by atoms with Crippen LogP contribution >= 0.6 is 23.1 Å². The number of thioether (sulfide) groups is 1. The number of methoxy groups -OCH3 is 1. The molecule has 5 rings (SSSR count). The van der Waals surface area contributed by atoms with Crippen molar-refractivity contribution in [1.29, 1.82) is 0 Å². The molecule has 0 aliphatic rings. The maximum absolute atomic E-state index is 6.05. The van der Waals surface area contributed by atoms with Gasteiger partial charge < -0.3 is 13.9 Å². The summed E-state index contributed by atoms with van der Waals surface area (Å²) >= 11 is 3.10. The summed E-state index contributed by atoms with van der Waals surface area (Å²) < 4.78 is 20.2. The summed E-state index contributed by atoms with van der Waals surface area (Å²) in [5.74, 6) is 1.67. The molecule has 0 amide bonds. The highest BCUT2D eigenvalue weighted by Crippen LogP contribution is 2.35. The largest absolute Gasteiger partial charge is 0.496 e. The fraction of sp³-hybridized carbons (Fsp3) is 0.150. The average Bonchev–Trinajstić information content (AvgIpc) is 3.45. The van der Waals surface area contributed by atoms with E-state index in [1.165, 1.54) is 11.3 Å². The Labute approximate surface area is 174 Å². The first kappa shape index (κ1) is 18.0. The SMILES string of the molecule is COc1cc(OCc2ccccc2)c2nc(-c3cnc4sc(SC)nn34)oc2c1. The fourth-order valence-corrected chi connectivity index (χ4v) is 4.28. The van der Waals surface area contributed by atoms with E-state index in [1.807, 2.05) is 42.7 Å². The van der Waals surface area contributed by atoms with E-state index in [0.29, 0.717) is 40.8 Å². The number of hydrogen-bond donors (Lipinski definition) is 0. The Morgan fingerprint density at radius 2 is 2.07 bits per heavy atom. The van der Waals surface area contributed by atoms with Crippen molar-refractivity contribution in [2.75, 3.05) is 13.4 Å². The van der Waals surface area contributed by atoms with Crippen LogP contribution in [0.25, 0.3) is 27.6 Å². The zero-order valence-corrected chi connectivity index (χ0v) is 17.3. The van der Waals surface area contributed by atoms with Crippen molar-refractivity contribution < 1.29 is 13.9 Å². The van der Waals surface area contributed by atoms with E-state index in [2.05, 4.69) is 15.1 Å². The Balaban J connectivity index is 1.57. The minimum atomic E-state index is 0.422. The number of rotatable bonds is 6. The highest BCUT2D eigenvalue weighted by Gasteiger charge is 2.19. The van der Waals surface area contributed by atoms with Crippen LogP contribution in [0.2, 0.25) is 0 Å². The second kappa shape index (κ2) is 7.41. The van der Waals surface area contributed by atoms with Gasteiger partial charge >= 0.3 is 0 Å². The van der Waals surface area contributed by atoms with Gasteiger partial charge in [-0.15, -0.1) is 5.10 Å². The molecule has 0 aliphatic carbocycles. The molecule has 0 N–H and O–H groups in total. The second-order valence-corrected chi connectivity index (χ2v) is 8.18. The van der Waals surface area contributed by atoms with E-state index in [0.717, 1.165) is 14.9 Å². The van der Waals surface area contributed by atoms with E-state index in [-0.39, 0.29) is 0 Å². The van der Waals surface area contributed by atoms with Gasteiger partial charge in [0.25, 0.3) is 0 Å². The number of imidazole rings is 1. The van der Waals surface area contributed by atoms with E-state index in [1.54, 1.807) is 35.7 Å². The number of benzene rings is 2. The van der Waals surface area contributed by atoms with Crippen molar-refractivity contribution in [2.24, 2.45) is 0 Å². The quantitative estimate of drug-likeness (QED) is 0.359. The van der Waals surface area contributed by atoms with Gasteiger partial charge in [-0.1, -0.05) is 53.4 Å². The van der Waals surface area contributed by atoms with Crippen LogP contribution in [-0.2, 0) is 6.61 Å². The molecule has 7 nitrogen and oxygen atoms in total. The molecule has 0 saturated heterocycles. The molecular weight excluding hydrogens is 408 g/mol. The standard InChI is InChI=1S/C20H16N4O3S2/c1-25-13-8-15(26-11-12-6-4-3-5-7-12)17-16(9-13)27-18(22-17)14-10-21-19-24(14)23-20(28-2)29-19/h3-10H,11H2,1-2H3. The Morgan fingerprint density at radius 3 is 2.86 bits per heavy atom. The molecule has 146 valence electrons. The van der Waals surface area contributed by atoms with Crippen LogP contribution in [0.1, 0.15) is 5.56 Å². The average molecular weight is 425 g/mol. The molecule has 0 atom stereocenters. The molecule has 0 bridgehead atoms. The first-order chi connectivity index (χ1) is 14.2. The zero-order valence-electron chi connectivity index (χ0n) is 15.7. The molecule has 3 aromatic heterocycles. The van der Waals surface area contributed by atoms with Crippen molar-refractivity contribution in [3.63, 3.8) is 0 Å². The summed E-state index contributed by atoms with van der Waals surface area (Å²) in [4.78, 5) is 9.89. The third-order valence-corrected chi connectivity index (χ3v) is 6.27. The number of nitrogens with zero attached hydrogens (tertiary/aromatic N) is 4. The summed E-state index contributed by atoms with van der Waals surface area (Å²) in [5, 5.41) is 4.55. The van der Waals surface area contributed by atoms with E-state index < -0.39 is 0 Å². The maximum atomic E-state index is 6.05. The molecular formula is C20H16N4O3S2. The number of oxazole rings is 1. The monoisotopic (exact) mass is 424 g/mol. The molecule has 0 spiro atoms. The predicted octanol–water partition coefficient (Wildman–Crippen LogP) is 4.91. The van der Waals surface area contributed by atoms with Crippen molar-refractivity contribution in [3.8, 4) is 23.1 Å². The molecule has 0 fully saturated rings. The van der Waals surface area contributed by atoms with Crippen LogP contribution in [-0.4, -0.2) is 32.9 Å². The normalized spacial score (nSPS) is 11.4. The van der Waals surface area contributed by atoms with Crippen molar-refractivity contribution in [3.05, 3.63) is 54.2 Å². The number of fused-ring (bicyclic) bond motifs is 2. The van der Waals surface area contributed by atoms with Gasteiger partial charge in [0.15, 0.2) is 21.2 Å². The van der Waals surface area contributed by atoms with Gasteiger partial charge in [-0.2, -0.15) is 4.52 Å². The van der Waals surface area contributed by atoms with Crippen molar-refractivity contribution in [1.82, 2.24) is 19.6 Å². The van der Waals surface area contributed by atoms with Crippen LogP contribution in [0.3, 0.4) is 0 Å². The van der Waals surface area contributed by atoms with Gasteiger partial charge in [0, 0.05) is 12.1 Å². The van der Waals surface area contributed by atoms with E-state index >= 15 is 0 Å². The van der Waals surface area contributed by atoms with Gasteiger partial charge in [-0.25, -0.2) is 9.97 Å². The Hall–Kier alpha value is -3.04. The minimum absolute atomic E-state index is 0.422. The number of hydrogen-bond acceptors (Lipinski definition) is 8. The van der Waals surface area contributed by atoms with Crippen molar-refractivity contribution >= 4 is 39.2 Å². The van der Waals surface area contributed by atoms with E-state index in [4.69, 9.17) is 13.9 Å². The smallest absolute Gasteiger partial charge is 0.248 e. The minimum Gasteiger partial charge on any atom is -0.496 e.